The van der Waals surface area contributed by atoms with E-state index in [0.29, 0.717) is 52.9 Å². The van der Waals surface area contributed by atoms with Crippen LogP contribution in [0.1, 0.15) is 46.0 Å². The van der Waals surface area contributed by atoms with E-state index in [1.165, 1.54) is 25.7 Å². The number of rotatable bonds is 20. The summed E-state index contributed by atoms with van der Waals surface area (Å²) in [5.74, 6) is 0. The van der Waals surface area contributed by atoms with Gasteiger partial charge in [0, 0.05) is 13.2 Å². The van der Waals surface area contributed by atoms with Gasteiger partial charge in [-0.25, -0.2) is 0 Å². The van der Waals surface area contributed by atoms with Crippen molar-refractivity contribution in [3.05, 3.63) is 0 Å². The first-order valence-corrected chi connectivity index (χ1v) is 9.93. The van der Waals surface area contributed by atoms with E-state index < -0.39 is 0 Å². The summed E-state index contributed by atoms with van der Waals surface area (Å²) in [7, 11) is 0. The molecule has 0 aliphatic heterocycles. The molecule has 0 heterocycles. The second-order valence-corrected chi connectivity index (χ2v) is 5.57. The highest BCUT2D eigenvalue weighted by atomic mass is 16.6. The molecule has 0 saturated heterocycles. The molecule has 0 bridgehead atoms. The molecule has 0 amide bonds. The van der Waals surface area contributed by atoms with Crippen LogP contribution in [0.25, 0.3) is 0 Å². The minimum Gasteiger partial charge on any atom is -0.394 e. The fraction of sp³-hybridized carbons (Fsp3) is 1.00. The fourth-order valence-electron chi connectivity index (χ4n) is 1.77. The van der Waals surface area contributed by atoms with Crippen molar-refractivity contribution in [3.8, 4) is 0 Å². The minimum atomic E-state index is 0.0386. The molecule has 0 unspecified atom stereocenters. The maximum absolute atomic E-state index is 8.41. The van der Waals surface area contributed by atoms with Crippen LogP contribution in [0, 0.1) is 0 Å². The summed E-state index contributed by atoms with van der Waals surface area (Å²) in [5.41, 5.74) is 0. The maximum Gasteiger partial charge on any atom is 0.0701 e. The van der Waals surface area contributed by atoms with Crippen molar-refractivity contribution in [1.29, 1.82) is 0 Å². The third-order valence-electron chi connectivity index (χ3n) is 3.08. The highest BCUT2D eigenvalue weighted by Gasteiger charge is 1.91. The summed E-state index contributed by atoms with van der Waals surface area (Å²) in [5, 5.41) is 16.8. The Morgan fingerprint density at radius 3 is 1.23 bits per heavy atom. The van der Waals surface area contributed by atoms with E-state index in [0.717, 1.165) is 19.6 Å². The zero-order chi connectivity index (χ0) is 19.6. The van der Waals surface area contributed by atoms with Gasteiger partial charge in [-0.15, -0.1) is 0 Å². The van der Waals surface area contributed by atoms with Gasteiger partial charge in [0.15, 0.2) is 0 Å². The lowest BCUT2D eigenvalue weighted by molar-refractivity contribution is -0.00856. The molecule has 0 aromatic rings. The van der Waals surface area contributed by atoms with Crippen LogP contribution in [0.2, 0.25) is 0 Å². The van der Waals surface area contributed by atoms with Gasteiger partial charge in [-0.3, -0.25) is 0 Å². The lowest BCUT2D eigenvalue weighted by atomic mass is 10.2. The fourth-order valence-corrected chi connectivity index (χ4v) is 1.77. The van der Waals surface area contributed by atoms with Gasteiger partial charge >= 0.3 is 0 Å². The average molecular weight is 383 g/mol. The van der Waals surface area contributed by atoms with Crippen LogP contribution in [-0.4, -0.2) is 89.5 Å². The number of aliphatic hydroxyl groups excluding tert-OH is 2. The molecule has 0 radical (unpaired) electrons. The summed E-state index contributed by atoms with van der Waals surface area (Å²) in [6.07, 6.45) is 6.39. The lowest BCUT2D eigenvalue weighted by Gasteiger charge is -2.06. The van der Waals surface area contributed by atoms with Gasteiger partial charge in [-0.05, 0) is 12.8 Å². The molecular formula is C19H42O7. The standard InChI is InChI=1S/C10H22O6.C9H20O/c11-1-3-13-5-7-15-9-10-16-8-6-14-4-2-12;1-3-5-6-7-9-10-8-4-2/h11-12H,1-10H2;3-9H2,1-2H3. The molecule has 7 nitrogen and oxygen atoms in total. The third-order valence-corrected chi connectivity index (χ3v) is 3.08. The number of aliphatic hydroxyl groups is 2. The largest absolute Gasteiger partial charge is 0.394 e. The summed E-state index contributed by atoms with van der Waals surface area (Å²) in [4.78, 5) is 0. The predicted molar refractivity (Wildman–Crippen MR) is 103 cm³/mol. The Morgan fingerprint density at radius 1 is 0.423 bits per heavy atom. The Bertz CT molecular complexity index is 196. The zero-order valence-corrected chi connectivity index (χ0v) is 17.0. The normalized spacial score (nSPS) is 10.6. The minimum absolute atomic E-state index is 0.0386. The lowest BCUT2D eigenvalue weighted by Crippen LogP contribution is -2.13. The molecule has 0 aliphatic carbocycles. The van der Waals surface area contributed by atoms with Crippen LogP contribution < -0.4 is 0 Å². The molecule has 7 heteroatoms. The van der Waals surface area contributed by atoms with Crippen molar-refractivity contribution in [2.75, 3.05) is 79.3 Å². The van der Waals surface area contributed by atoms with Crippen molar-refractivity contribution < 1.29 is 33.9 Å². The summed E-state index contributed by atoms with van der Waals surface area (Å²) >= 11 is 0. The Hall–Kier alpha value is -0.280. The van der Waals surface area contributed by atoms with Gasteiger partial charge in [-0.2, -0.15) is 0 Å². The van der Waals surface area contributed by atoms with Crippen molar-refractivity contribution in [2.45, 2.75) is 46.0 Å². The molecule has 0 rings (SSSR count). The van der Waals surface area contributed by atoms with Crippen LogP contribution in [0.4, 0.5) is 0 Å². The summed E-state index contributed by atoms with van der Waals surface area (Å²) < 4.78 is 25.7. The van der Waals surface area contributed by atoms with Gasteiger partial charge in [-0.1, -0.05) is 33.1 Å². The van der Waals surface area contributed by atoms with Gasteiger partial charge in [0.2, 0.25) is 0 Å². The van der Waals surface area contributed by atoms with Gasteiger partial charge < -0.3 is 33.9 Å². The number of hydrogen-bond donors (Lipinski definition) is 2. The van der Waals surface area contributed by atoms with Crippen molar-refractivity contribution >= 4 is 0 Å². The SMILES string of the molecule is CCCCCCOCCC.OCCOCCOCCOCCOCCO. The van der Waals surface area contributed by atoms with Gasteiger partial charge in [0.05, 0.1) is 66.1 Å². The molecule has 0 fully saturated rings. The molecule has 0 aliphatic rings. The van der Waals surface area contributed by atoms with Crippen LogP contribution in [0.5, 0.6) is 0 Å². The Kier molecular flexibility index (Phi) is 31.7. The second-order valence-electron chi connectivity index (χ2n) is 5.57. The summed E-state index contributed by atoms with van der Waals surface area (Å²) in [6.45, 7) is 10.1. The Balaban J connectivity index is 0. The first-order chi connectivity index (χ1) is 12.8. The first kappa shape index (κ1) is 27.9. The van der Waals surface area contributed by atoms with Gasteiger partial charge in [0.25, 0.3) is 0 Å². The van der Waals surface area contributed by atoms with Crippen molar-refractivity contribution in [3.63, 3.8) is 0 Å². The second kappa shape index (κ2) is 29.5. The molecule has 0 aromatic heterocycles. The van der Waals surface area contributed by atoms with Gasteiger partial charge in [0.1, 0.15) is 0 Å². The third kappa shape index (κ3) is 31.5. The van der Waals surface area contributed by atoms with Crippen LogP contribution in [-0.2, 0) is 23.7 Å². The molecule has 0 aromatic carbocycles. The number of hydrogen-bond acceptors (Lipinski definition) is 7. The zero-order valence-electron chi connectivity index (χ0n) is 17.0. The first-order valence-electron chi connectivity index (χ1n) is 9.93. The summed E-state index contributed by atoms with van der Waals surface area (Å²) in [6, 6.07) is 0. The number of unbranched alkanes of at least 4 members (excludes halogenated alkanes) is 3. The average Bonchev–Trinajstić information content (AvgIpc) is 2.66. The number of ether oxygens (including phenoxy) is 5. The van der Waals surface area contributed by atoms with E-state index >= 15 is 0 Å². The van der Waals surface area contributed by atoms with E-state index in [1.54, 1.807) is 0 Å². The molecule has 0 spiro atoms. The van der Waals surface area contributed by atoms with E-state index in [1.807, 2.05) is 0 Å². The van der Waals surface area contributed by atoms with Crippen LogP contribution in [0.15, 0.2) is 0 Å². The predicted octanol–water partition coefficient (Wildman–Crippen LogP) is 2.03. The Morgan fingerprint density at radius 2 is 0.846 bits per heavy atom. The van der Waals surface area contributed by atoms with E-state index in [-0.39, 0.29) is 13.2 Å². The Labute approximate surface area is 159 Å². The smallest absolute Gasteiger partial charge is 0.0701 e. The monoisotopic (exact) mass is 382 g/mol. The van der Waals surface area contributed by atoms with Crippen molar-refractivity contribution in [2.24, 2.45) is 0 Å². The topological polar surface area (TPSA) is 86.6 Å². The molecule has 0 atom stereocenters. The van der Waals surface area contributed by atoms with E-state index in [4.69, 9.17) is 33.9 Å². The van der Waals surface area contributed by atoms with E-state index in [9.17, 15) is 0 Å². The molecular weight excluding hydrogens is 340 g/mol. The molecule has 26 heavy (non-hydrogen) atoms. The van der Waals surface area contributed by atoms with E-state index in [2.05, 4.69) is 13.8 Å². The quantitative estimate of drug-likeness (QED) is 0.312. The van der Waals surface area contributed by atoms with Crippen molar-refractivity contribution in [1.82, 2.24) is 0 Å². The van der Waals surface area contributed by atoms with Crippen LogP contribution in [0.3, 0.4) is 0 Å². The van der Waals surface area contributed by atoms with Crippen LogP contribution >= 0.6 is 0 Å². The molecule has 0 saturated carbocycles. The highest BCUT2D eigenvalue weighted by molar-refractivity contribution is 4.39. The highest BCUT2D eigenvalue weighted by Crippen LogP contribution is 1.98. The maximum atomic E-state index is 8.41. The molecule has 160 valence electrons. The molecule has 2 N–H and O–H groups in total.